The minimum Gasteiger partial charge on any atom is -0.307 e. The number of rotatable bonds is 5. The largest absolute Gasteiger partial charge is 0.307 e. The molecule has 17 heavy (non-hydrogen) atoms. The molecule has 1 unspecified atom stereocenters. The summed E-state index contributed by atoms with van der Waals surface area (Å²) in [6.45, 7) is 4.63. The topological polar surface area (TPSA) is 12.0 Å². The fraction of sp³-hybridized carbons (Fsp3) is 0.625. The molecule has 1 aromatic rings. The summed E-state index contributed by atoms with van der Waals surface area (Å²) in [5.41, 5.74) is 1.43. The molecule has 1 heteroatoms. The Bertz CT molecular complexity index is 314. The van der Waals surface area contributed by atoms with Crippen LogP contribution in [0.15, 0.2) is 30.3 Å². The first-order chi connectivity index (χ1) is 8.31. The second-order valence-electron chi connectivity index (χ2n) is 5.37. The lowest BCUT2D eigenvalue weighted by Crippen LogP contribution is -2.35. The van der Waals surface area contributed by atoms with Crippen molar-refractivity contribution in [2.24, 2.45) is 5.92 Å². The Kier molecular flexibility index (Phi) is 4.61. The molecule has 1 N–H and O–H groups in total. The van der Waals surface area contributed by atoms with Gasteiger partial charge in [-0.2, -0.15) is 0 Å². The highest BCUT2D eigenvalue weighted by molar-refractivity contribution is 5.18. The average Bonchev–Trinajstić information content (AvgIpc) is 2.90. The van der Waals surface area contributed by atoms with Gasteiger partial charge in [-0.05, 0) is 37.7 Å². The second-order valence-corrected chi connectivity index (χ2v) is 5.37. The molecule has 1 aromatic carbocycles. The zero-order valence-corrected chi connectivity index (χ0v) is 11.2. The van der Waals surface area contributed by atoms with Gasteiger partial charge in [-0.25, -0.2) is 0 Å². The van der Waals surface area contributed by atoms with Crippen molar-refractivity contribution in [1.29, 1.82) is 0 Å². The van der Waals surface area contributed by atoms with E-state index >= 15 is 0 Å². The van der Waals surface area contributed by atoms with Crippen LogP contribution in [0.25, 0.3) is 0 Å². The molecule has 1 fully saturated rings. The predicted octanol–water partition coefficient (Wildman–Crippen LogP) is 4.31. The molecule has 1 saturated carbocycles. The lowest BCUT2D eigenvalue weighted by atomic mass is 9.96. The van der Waals surface area contributed by atoms with Crippen LogP contribution in [0.2, 0.25) is 0 Å². The van der Waals surface area contributed by atoms with Crippen molar-refractivity contribution >= 4 is 0 Å². The fourth-order valence-electron chi connectivity index (χ4n) is 3.05. The van der Waals surface area contributed by atoms with Crippen LogP contribution in [0.5, 0.6) is 0 Å². The molecular formula is C16H25N. The first kappa shape index (κ1) is 12.6. The normalized spacial score (nSPS) is 20.4. The van der Waals surface area contributed by atoms with Gasteiger partial charge in [0.1, 0.15) is 0 Å². The van der Waals surface area contributed by atoms with Crippen molar-refractivity contribution < 1.29 is 0 Å². The Morgan fingerprint density at radius 2 is 1.82 bits per heavy atom. The molecule has 0 saturated heterocycles. The molecule has 0 amide bonds. The van der Waals surface area contributed by atoms with Crippen LogP contribution in [0.4, 0.5) is 0 Å². The smallest absolute Gasteiger partial charge is 0.0320 e. The minimum atomic E-state index is 0.520. The molecule has 0 aromatic heterocycles. The van der Waals surface area contributed by atoms with Gasteiger partial charge in [0.2, 0.25) is 0 Å². The summed E-state index contributed by atoms with van der Waals surface area (Å²) in [5.74, 6) is 0.896. The fourth-order valence-corrected chi connectivity index (χ4v) is 3.05. The van der Waals surface area contributed by atoms with E-state index < -0.39 is 0 Å². The Morgan fingerprint density at radius 3 is 2.41 bits per heavy atom. The molecule has 2 atom stereocenters. The van der Waals surface area contributed by atoms with Crippen LogP contribution in [0, 0.1) is 5.92 Å². The van der Waals surface area contributed by atoms with Gasteiger partial charge >= 0.3 is 0 Å². The Morgan fingerprint density at radius 1 is 1.18 bits per heavy atom. The number of hydrogen-bond donors (Lipinski definition) is 1. The van der Waals surface area contributed by atoms with Gasteiger partial charge in [-0.3, -0.25) is 0 Å². The minimum absolute atomic E-state index is 0.520. The molecule has 1 aliphatic rings. The molecule has 0 heterocycles. The van der Waals surface area contributed by atoms with E-state index in [1.165, 1.54) is 37.7 Å². The Labute approximate surface area is 106 Å². The van der Waals surface area contributed by atoms with E-state index in [-0.39, 0.29) is 0 Å². The summed E-state index contributed by atoms with van der Waals surface area (Å²) >= 11 is 0. The number of hydrogen-bond acceptors (Lipinski definition) is 1. The lowest BCUT2D eigenvalue weighted by molar-refractivity contribution is 0.339. The van der Waals surface area contributed by atoms with Crippen LogP contribution in [0.3, 0.4) is 0 Å². The number of nitrogens with one attached hydrogen (secondary N) is 1. The summed E-state index contributed by atoms with van der Waals surface area (Å²) in [7, 11) is 0. The molecule has 1 aliphatic carbocycles. The van der Waals surface area contributed by atoms with E-state index in [0.717, 1.165) is 5.92 Å². The summed E-state index contributed by atoms with van der Waals surface area (Å²) in [6.07, 6.45) is 6.86. The number of benzene rings is 1. The monoisotopic (exact) mass is 231 g/mol. The standard InChI is InChI=1S/C16H25N/c1-3-16(15-11-5-4-6-12-15)17-13(2)14-9-7-8-10-14/h4-6,11-14,16-17H,3,7-10H2,1-2H3/t13-,16?/m0/s1. The first-order valence-electron chi connectivity index (χ1n) is 7.12. The highest BCUT2D eigenvalue weighted by Crippen LogP contribution is 2.29. The van der Waals surface area contributed by atoms with Gasteiger partial charge in [-0.1, -0.05) is 50.1 Å². The van der Waals surface area contributed by atoms with Crippen LogP contribution in [-0.4, -0.2) is 6.04 Å². The SMILES string of the molecule is CCC(N[C@@H](C)C1CCCC1)c1ccccc1. The zero-order chi connectivity index (χ0) is 12.1. The highest BCUT2D eigenvalue weighted by atomic mass is 14.9. The van der Waals surface area contributed by atoms with Crippen molar-refractivity contribution in [2.45, 2.75) is 58.0 Å². The quantitative estimate of drug-likeness (QED) is 0.796. The van der Waals surface area contributed by atoms with E-state index in [4.69, 9.17) is 0 Å². The highest BCUT2D eigenvalue weighted by Gasteiger charge is 2.23. The predicted molar refractivity (Wildman–Crippen MR) is 74.0 cm³/mol. The third kappa shape index (κ3) is 3.32. The van der Waals surface area contributed by atoms with Crippen LogP contribution < -0.4 is 5.32 Å². The maximum absolute atomic E-state index is 3.82. The van der Waals surface area contributed by atoms with Crippen LogP contribution >= 0.6 is 0 Å². The second kappa shape index (κ2) is 6.20. The van der Waals surface area contributed by atoms with Crippen molar-refractivity contribution in [3.05, 3.63) is 35.9 Å². The molecular weight excluding hydrogens is 206 g/mol. The molecule has 2 rings (SSSR count). The maximum atomic E-state index is 3.82. The zero-order valence-electron chi connectivity index (χ0n) is 11.2. The third-order valence-electron chi connectivity index (χ3n) is 4.18. The summed E-state index contributed by atoms with van der Waals surface area (Å²) in [5, 5.41) is 3.82. The molecule has 0 radical (unpaired) electrons. The van der Waals surface area contributed by atoms with E-state index in [2.05, 4.69) is 49.5 Å². The molecule has 0 spiro atoms. The van der Waals surface area contributed by atoms with E-state index in [1.54, 1.807) is 0 Å². The van der Waals surface area contributed by atoms with Gasteiger partial charge < -0.3 is 5.32 Å². The van der Waals surface area contributed by atoms with E-state index in [9.17, 15) is 0 Å². The van der Waals surface area contributed by atoms with Crippen LogP contribution in [0.1, 0.15) is 57.6 Å². The van der Waals surface area contributed by atoms with Gasteiger partial charge in [-0.15, -0.1) is 0 Å². The lowest BCUT2D eigenvalue weighted by Gasteiger charge is -2.26. The molecule has 0 aliphatic heterocycles. The summed E-state index contributed by atoms with van der Waals surface area (Å²) in [4.78, 5) is 0. The summed E-state index contributed by atoms with van der Waals surface area (Å²) < 4.78 is 0. The molecule has 0 bridgehead atoms. The van der Waals surface area contributed by atoms with Gasteiger partial charge in [0.15, 0.2) is 0 Å². The maximum Gasteiger partial charge on any atom is 0.0320 e. The van der Waals surface area contributed by atoms with E-state index in [1.807, 2.05) is 0 Å². The Balaban J connectivity index is 1.95. The van der Waals surface area contributed by atoms with Crippen LogP contribution in [-0.2, 0) is 0 Å². The Hall–Kier alpha value is -0.820. The molecule has 1 nitrogen and oxygen atoms in total. The van der Waals surface area contributed by atoms with Crippen molar-refractivity contribution in [3.8, 4) is 0 Å². The van der Waals surface area contributed by atoms with Gasteiger partial charge in [0, 0.05) is 12.1 Å². The average molecular weight is 231 g/mol. The van der Waals surface area contributed by atoms with Crippen molar-refractivity contribution in [2.75, 3.05) is 0 Å². The molecule has 94 valence electrons. The van der Waals surface area contributed by atoms with E-state index in [0.29, 0.717) is 12.1 Å². The van der Waals surface area contributed by atoms with Crippen molar-refractivity contribution in [3.63, 3.8) is 0 Å². The summed E-state index contributed by atoms with van der Waals surface area (Å²) in [6, 6.07) is 12.0. The first-order valence-corrected chi connectivity index (χ1v) is 7.12. The van der Waals surface area contributed by atoms with Gasteiger partial charge in [0.25, 0.3) is 0 Å². The van der Waals surface area contributed by atoms with Gasteiger partial charge in [0.05, 0.1) is 0 Å². The third-order valence-corrected chi connectivity index (χ3v) is 4.18. The van der Waals surface area contributed by atoms with Crippen molar-refractivity contribution in [1.82, 2.24) is 5.32 Å².